The molecule has 2 heterocycles. The van der Waals surface area contributed by atoms with Gasteiger partial charge in [-0.25, -0.2) is 0 Å². The summed E-state index contributed by atoms with van der Waals surface area (Å²) in [7, 11) is 0. The van der Waals surface area contributed by atoms with Crippen molar-refractivity contribution < 1.29 is 19.0 Å². The molecule has 1 aromatic heterocycles. The van der Waals surface area contributed by atoms with E-state index < -0.39 is 5.79 Å². The maximum Gasteiger partial charge on any atom is 0.178 e. The molecule has 2 unspecified atom stereocenters. The smallest absolute Gasteiger partial charge is 0.178 e. The number of hydrogen-bond donors (Lipinski definition) is 1. The van der Waals surface area contributed by atoms with Crippen LogP contribution in [0, 0.1) is 0 Å². The van der Waals surface area contributed by atoms with Gasteiger partial charge in [0.25, 0.3) is 0 Å². The van der Waals surface area contributed by atoms with E-state index in [1.165, 1.54) is 0 Å². The highest BCUT2D eigenvalue weighted by Crippen LogP contribution is 2.47. The van der Waals surface area contributed by atoms with Crippen LogP contribution in [0.2, 0.25) is 0 Å². The summed E-state index contributed by atoms with van der Waals surface area (Å²) in [5, 5.41) is 11.1. The standard InChI is InChI=1S/C16H18O4/c17-12-5-6-16(18-7-8-19-16)13(10-12)15-9-11-3-1-2-4-14(11)20-15/h1-4,9,12-13,17H,5-8,10H2. The molecule has 1 spiro atoms. The molecule has 1 saturated carbocycles. The zero-order valence-corrected chi connectivity index (χ0v) is 11.2. The van der Waals surface area contributed by atoms with Crippen LogP contribution in [0.15, 0.2) is 34.7 Å². The van der Waals surface area contributed by atoms with E-state index in [1.54, 1.807) is 0 Å². The van der Waals surface area contributed by atoms with Gasteiger partial charge < -0.3 is 19.0 Å². The van der Waals surface area contributed by atoms with Crippen molar-refractivity contribution in [2.24, 2.45) is 0 Å². The first kappa shape index (κ1) is 12.4. The van der Waals surface area contributed by atoms with Crippen LogP contribution in [-0.2, 0) is 9.47 Å². The van der Waals surface area contributed by atoms with Crippen molar-refractivity contribution in [3.05, 3.63) is 36.1 Å². The first-order chi connectivity index (χ1) is 9.77. The number of furan rings is 1. The van der Waals surface area contributed by atoms with Gasteiger partial charge in [-0.15, -0.1) is 0 Å². The van der Waals surface area contributed by atoms with Crippen molar-refractivity contribution in [3.63, 3.8) is 0 Å². The monoisotopic (exact) mass is 274 g/mol. The van der Waals surface area contributed by atoms with E-state index in [-0.39, 0.29) is 12.0 Å². The van der Waals surface area contributed by atoms with Crippen molar-refractivity contribution in [2.75, 3.05) is 13.2 Å². The van der Waals surface area contributed by atoms with Crippen LogP contribution < -0.4 is 0 Å². The number of ether oxygens (including phenoxy) is 2. The fourth-order valence-electron chi connectivity index (χ4n) is 3.43. The van der Waals surface area contributed by atoms with Gasteiger partial charge in [-0.3, -0.25) is 0 Å². The third-order valence-electron chi connectivity index (χ3n) is 4.43. The quantitative estimate of drug-likeness (QED) is 0.868. The lowest BCUT2D eigenvalue weighted by Gasteiger charge is -2.40. The highest BCUT2D eigenvalue weighted by Gasteiger charge is 2.50. The summed E-state index contributed by atoms with van der Waals surface area (Å²) >= 11 is 0. The Balaban J connectivity index is 1.76. The molecule has 0 radical (unpaired) electrons. The first-order valence-corrected chi connectivity index (χ1v) is 7.21. The van der Waals surface area contributed by atoms with Crippen LogP contribution in [0.4, 0.5) is 0 Å². The highest BCUT2D eigenvalue weighted by molar-refractivity contribution is 5.77. The molecule has 2 atom stereocenters. The molecule has 1 N–H and O–H groups in total. The van der Waals surface area contributed by atoms with Gasteiger partial charge in [0, 0.05) is 11.8 Å². The van der Waals surface area contributed by atoms with Gasteiger partial charge in [-0.05, 0) is 25.0 Å². The Labute approximate surface area is 117 Å². The van der Waals surface area contributed by atoms with Crippen LogP contribution in [0.25, 0.3) is 11.0 Å². The molecule has 20 heavy (non-hydrogen) atoms. The Morgan fingerprint density at radius 2 is 1.95 bits per heavy atom. The fourth-order valence-corrected chi connectivity index (χ4v) is 3.43. The summed E-state index contributed by atoms with van der Waals surface area (Å²) in [4.78, 5) is 0. The summed E-state index contributed by atoms with van der Waals surface area (Å²) in [6.45, 7) is 1.24. The predicted molar refractivity (Wildman–Crippen MR) is 73.4 cm³/mol. The van der Waals surface area contributed by atoms with Gasteiger partial charge in [0.05, 0.1) is 25.2 Å². The van der Waals surface area contributed by atoms with Gasteiger partial charge in [-0.2, -0.15) is 0 Å². The lowest BCUT2D eigenvalue weighted by Crippen LogP contribution is -2.43. The van der Waals surface area contributed by atoms with Crippen molar-refractivity contribution in [1.29, 1.82) is 0 Å². The summed E-state index contributed by atoms with van der Waals surface area (Å²) in [6.07, 6.45) is 1.75. The minimum atomic E-state index is -0.604. The number of fused-ring (bicyclic) bond motifs is 1. The fraction of sp³-hybridized carbons (Fsp3) is 0.500. The average Bonchev–Trinajstić information content (AvgIpc) is 3.09. The number of rotatable bonds is 1. The molecule has 0 amide bonds. The molecule has 2 fully saturated rings. The van der Waals surface area contributed by atoms with E-state index in [0.717, 1.165) is 29.6 Å². The maximum absolute atomic E-state index is 10.0. The molecule has 4 nitrogen and oxygen atoms in total. The number of aliphatic hydroxyl groups excluding tert-OH is 1. The number of aliphatic hydroxyl groups is 1. The molecule has 4 heteroatoms. The van der Waals surface area contributed by atoms with Gasteiger partial charge in [0.1, 0.15) is 11.3 Å². The Morgan fingerprint density at radius 1 is 1.15 bits per heavy atom. The molecular weight excluding hydrogens is 256 g/mol. The van der Waals surface area contributed by atoms with Crippen molar-refractivity contribution >= 4 is 11.0 Å². The van der Waals surface area contributed by atoms with E-state index in [4.69, 9.17) is 13.9 Å². The maximum atomic E-state index is 10.0. The Kier molecular flexibility index (Phi) is 2.84. The van der Waals surface area contributed by atoms with Gasteiger partial charge in [-0.1, -0.05) is 18.2 Å². The van der Waals surface area contributed by atoms with Gasteiger partial charge >= 0.3 is 0 Å². The lowest BCUT2D eigenvalue weighted by molar-refractivity contribution is -0.205. The first-order valence-electron chi connectivity index (χ1n) is 7.21. The van der Waals surface area contributed by atoms with E-state index in [0.29, 0.717) is 19.6 Å². The summed E-state index contributed by atoms with van der Waals surface area (Å²) in [5.41, 5.74) is 0.871. The van der Waals surface area contributed by atoms with E-state index >= 15 is 0 Å². The summed E-state index contributed by atoms with van der Waals surface area (Å²) in [6, 6.07) is 10.00. The Hall–Kier alpha value is -1.36. The minimum Gasteiger partial charge on any atom is -0.461 e. The minimum absolute atomic E-state index is 0.0406. The van der Waals surface area contributed by atoms with Crippen LogP contribution in [0.1, 0.15) is 30.9 Å². The molecule has 2 aliphatic rings. The topological polar surface area (TPSA) is 51.8 Å². The zero-order chi connectivity index (χ0) is 13.6. The molecule has 1 aliphatic heterocycles. The normalized spacial score (nSPS) is 29.2. The predicted octanol–water partition coefficient (Wildman–Crippen LogP) is 2.80. The van der Waals surface area contributed by atoms with Crippen LogP contribution in [-0.4, -0.2) is 30.2 Å². The van der Waals surface area contributed by atoms with Gasteiger partial charge in [0.2, 0.25) is 0 Å². The number of benzene rings is 1. The van der Waals surface area contributed by atoms with E-state index in [2.05, 4.69) is 0 Å². The number of hydrogen-bond acceptors (Lipinski definition) is 4. The SMILES string of the molecule is OC1CCC2(OCCO2)C(c2cc3ccccc3o2)C1. The molecule has 1 saturated heterocycles. The number of para-hydroxylation sites is 1. The molecule has 2 aromatic rings. The second-order valence-corrected chi connectivity index (χ2v) is 5.68. The average molecular weight is 274 g/mol. The van der Waals surface area contributed by atoms with Crippen LogP contribution in [0.5, 0.6) is 0 Å². The lowest BCUT2D eigenvalue weighted by atomic mass is 9.80. The van der Waals surface area contributed by atoms with E-state index in [1.807, 2.05) is 30.3 Å². The molecule has 106 valence electrons. The summed E-state index contributed by atoms with van der Waals surface area (Å²) in [5.74, 6) is 0.209. The Morgan fingerprint density at radius 3 is 2.75 bits per heavy atom. The largest absolute Gasteiger partial charge is 0.461 e. The van der Waals surface area contributed by atoms with Crippen molar-refractivity contribution in [1.82, 2.24) is 0 Å². The van der Waals surface area contributed by atoms with Gasteiger partial charge in [0.15, 0.2) is 5.79 Å². The molecule has 4 rings (SSSR count). The third-order valence-corrected chi connectivity index (χ3v) is 4.43. The van der Waals surface area contributed by atoms with Crippen molar-refractivity contribution in [2.45, 2.75) is 37.1 Å². The van der Waals surface area contributed by atoms with E-state index in [9.17, 15) is 5.11 Å². The Bertz CT molecular complexity index is 579. The second-order valence-electron chi connectivity index (χ2n) is 5.68. The molecule has 1 aromatic carbocycles. The van der Waals surface area contributed by atoms with Crippen LogP contribution in [0.3, 0.4) is 0 Å². The highest BCUT2D eigenvalue weighted by atomic mass is 16.7. The zero-order valence-electron chi connectivity index (χ0n) is 11.2. The second kappa shape index (κ2) is 4.58. The molecular formula is C16H18O4. The summed E-state index contributed by atoms with van der Waals surface area (Å²) < 4.78 is 17.8. The molecule has 1 aliphatic carbocycles. The van der Waals surface area contributed by atoms with Crippen molar-refractivity contribution in [3.8, 4) is 0 Å². The molecule has 0 bridgehead atoms. The third kappa shape index (κ3) is 1.87. The van der Waals surface area contributed by atoms with Crippen LogP contribution >= 0.6 is 0 Å².